The number of esters is 2. The van der Waals surface area contributed by atoms with Crippen LogP contribution in [0, 0.1) is 0 Å². The van der Waals surface area contributed by atoms with Crippen molar-refractivity contribution in [2.45, 2.75) is 27.1 Å². The molecule has 0 fully saturated rings. The summed E-state index contributed by atoms with van der Waals surface area (Å²) in [6.07, 6.45) is 0. The summed E-state index contributed by atoms with van der Waals surface area (Å²) in [5, 5.41) is 0.364. The van der Waals surface area contributed by atoms with Gasteiger partial charge in [0.05, 0.1) is 42.9 Å². The summed E-state index contributed by atoms with van der Waals surface area (Å²) in [4.78, 5) is 42.7. The van der Waals surface area contributed by atoms with Crippen LogP contribution in [0.4, 0.5) is 0 Å². The Morgan fingerprint density at radius 1 is 0.933 bits per heavy atom. The lowest BCUT2D eigenvalue weighted by Gasteiger charge is -2.09. The van der Waals surface area contributed by atoms with Crippen molar-refractivity contribution in [3.63, 3.8) is 0 Å². The first-order chi connectivity index (χ1) is 14.5. The highest BCUT2D eigenvalue weighted by Crippen LogP contribution is 2.16. The van der Waals surface area contributed by atoms with Crippen LogP contribution < -0.4 is 5.56 Å². The highest BCUT2D eigenvalue weighted by atomic mass is 16.5. The number of aromatic nitrogens is 2. The molecular weight excluding hydrogens is 388 g/mol. The number of carbonyl (C=O) groups is 2. The molecule has 0 saturated carbocycles. The van der Waals surface area contributed by atoms with Crippen molar-refractivity contribution in [3.8, 4) is 0 Å². The largest absolute Gasteiger partial charge is 0.462 e. The maximum Gasteiger partial charge on any atom is 0.374 e. The van der Waals surface area contributed by atoms with E-state index in [1.54, 1.807) is 56.3 Å². The summed E-state index contributed by atoms with van der Waals surface area (Å²) in [5.74, 6) is -1.17. The van der Waals surface area contributed by atoms with Crippen LogP contribution >= 0.6 is 0 Å². The lowest BCUT2D eigenvalue weighted by molar-refractivity contribution is 0.0507. The van der Waals surface area contributed by atoms with Crippen molar-refractivity contribution < 1.29 is 23.8 Å². The minimum Gasteiger partial charge on any atom is -0.462 e. The van der Waals surface area contributed by atoms with Gasteiger partial charge < -0.3 is 19.2 Å². The Bertz CT molecular complexity index is 1100. The van der Waals surface area contributed by atoms with Gasteiger partial charge in [-0.25, -0.2) is 14.6 Å². The second-order valence-corrected chi connectivity index (χ2v) is 6.36. The van der Waals surface area contributed by atoms with Crippen LogP contribution in [0.2, 0.25) is 0 Å². The summed E-state index contributed by atoms with van der Waals surface area (Å²) in [5.41, 5.74) is 1.96. The van der Waals surface area contributed by atoms with Gasteiger partial charge >= 0.3 is 11.9 Å². The Labute approximate surface area is 172 Å². The Balaban J connectivity index is 1.71. The van der Waals surface area contributed by atoms with Crippen molar-refractivity contribution in [2.24, 2.45) is 0 Å². The maximum absolute atomic E-state index is 12.5. The van der Waals surface area contributed by atoms with E-state index in [4.69, 9.17) is 14.2 Å². The van der Waals surface area contributed by atoms with Crippen LogP contribution in [0.1, 0.15) is 46.0 Å². The van der Waals surface area contributed by atoms with E-state index < -0.39 is 11.5 Å². The fraction of sp³-hybridized carbons (Fsp3) is 0.273. The van der Waals surface area contributed by atoms with Crippen LogP contribution in [0.25, 0.3) is 10.9 Å². The molecule has 0 atom stereocenters. The van der Waals surface area contributed by atoms with Gasteiger partial charge in [-0.15, -0.1) is 0 Å². The third-order valence-corrected chi connectivity index (χ3v) is 4.28. The van der Waals surface area contributed by atoms with Crippen molar-refractivity contribution >= 4 is 22.8 Å². The van der Waals surface area contributed by atoms with Gasteiger partial charge in [0, 0.05) is 0 Å². The zero-order valence-corrected chi connectivity index (χ0v) is 16.8. The van der Waals surface area contributed by atoms with E-state index in [9.17, 15) is 14.4 Å². The highest BCUT2D eigenvalue weighted by Gasteiger charge is 2.14. The second kappa shape index (κ2) is 9.80. The van der Waals surface area contributed by atoms with E-state index in [0.29, 0.717) is 35.2 Å². The molecule has 0 unspecified atom stereocenters. The van der Waals surface area contributed by atoms with Crippen LogP contribution in [0.5, 0.6) is 0 Å². The van der Waals surface area contributed by atoms with E-state index in [2.05, 4.69) is 9.97 Å². The van der Waals surface area contributed by atoms with Gasteiger partial charge in [0.25, 0.3) is 5.56 Å². The average molecular weight is 410 g/mol. The van der Waals surface area contributed by atoms with Crippen LogP contribution in [-0.4, -0.2) is 35.1 Å². The summed E-state index contributed by atoms with van der Waals surface area (Å²) < 4.78 is 15.6. The summed E-state index contributed by atoms with van der Waals surface area (Å²) in [6, 6.07) is 12.1. The van der Waals surface area contributed by atoms with E-state index >= 15 is 0 Å². The first-order valence-electron chi connectivity index (χ1n) is 9.56. The lowest BCUT2D eigenvalue weighted by Crippen LogP contribution is -2.19. The number of hydrogen-bond acceptors (Lipinski definition) is 7. The molecule has 3 rings (SSSR count). The predicted octanol–water partition coefficient (Wildman–Crippen LogP) is 2.99. The van der Waals surface area contributed by atoms with Crippen molar-refractivity contribution in [3.05, 3.63) is 75.3 Å². The number of aromatic amines is 1. The van der Waals surface area contributed by atoms with E-state index in [1.807, 2.05) is 0 Å². The first kappa shape index (κ1) is 21.2. The van der Waals surface area contributed by atoms with Gasteiger partial charge in [-0.1, -0.05) is 24.3 Å². The highest BCUT2D eigenvalue weighted by molar-refractivity contribution is 5.90. The summed E-state index contributed by atoms with van der Waals surface area (Å²) in [6.45, 7) is 4.42. The number of H-pyrrole nitrogens is 1. The average Bonchev–Trinajstić information content (AvgIpc) is 2.74. The Morgan fingerprint density at radius 3 is 2.33 bits per heavy atom. The Hall–Kier alpha value is -3.52. The first-order valence-corrected chi connectivity index (χ1v) is 9.56. The fourth-order valence-corrected chi connectivity index (χ4v) is 2.91. The minimum absolute atomic E-state index is 0.130. The third kappa shape index (κ3) is 4.90. The molecule has 3 aromatic rings. The maximum atomic E-state index is 12.5. The van der Waals surface area contributed by atoms with E-state index in [1.165, 1.54) is 0 Å². The molecular formula is C22H22N2O6. The minimum atomic E-state index is -0.676. The zero-order chi connectivity index (χ0) is 21.5. The van der Waals surface area contributed by atoms with Crippen LogP contribution in [-0.2, 0) is 27.4 Å². The second-order valence-electron chi connectivity index (χ2n) is 6.36. The van der Waals surface area contributed by atoms with Gasteiger partial charge in [-0.2, -0.15) is 0 Å². The smallest absolute Gasteiger partial charge is 0.374 e. The summed E-state index contributed by atoms with van der Waals surface area (Å²) >= 11 is 0. The summed E-state index contributed by atoms with van der Waals surface area (Å²) in [7, 11) is 0. The fourth-order valence-electron chi connectivity index (χ4n) is 2.91. The molecule has 0 radical (unpaired) electrons. The van der Waals surface area contributed by atoms with Crippen LogP contribution in [0.3, 0.4) is 0 Å². The molecule has 8 heteroatoms. The van der Waals surface area contributed by atoms with E-state index in [-0.39, 0.29) is 25.0 Å². The standard InChI is InChI=1S/C22H22N2O6/c1-3-29-21(26)15-10-8-14(9-11-15)12-28-13-16-6-5-7-17-18(16)20(25)24-19(23-17)22(27)30-4-2/h5-11H,3-4,12-13H2,1-2H3,(H,23,24,25). The molecule has 30 heavy (non-hydrogen) atoms. The van der Waals surface area contributed by atoms with Crippen molar-refractivity contribution in [1.82, 2.24) is 9.97 Å². The normalized spacial score (nSPS) is 10.7. The number of hydrogen-bond donors (Lipinski definition) is 1. The lowest BCUT2D eigenvalue weighted by atomic mass is 10.1. The third-order valence-electron chi connectivity index (χ3n) is 4.28. The molecule has 2 aromatic carbocycles. The van der Waals surface area contributed by atoms with E-state index in [0.717, 1.165) is 5.56 Å². The molecule has 0 spiro atoms. The monoisotopic (exact) mass is 410 g/mol. The molecule has 1 N–H and O–H groups in total. The molecule has 0 aliphatic heterocycles. The molecule has 0 saturated heterocycles. The van der Waals surface area contributed by atoms with Gasteiger partial charge in [0.1, 0.15) is 0 Å². The number of fused-ring (bicyclic) bond motifs is 1. The molecule has 0 aliphatic carbocycles. The number of ether oxygens (including phenoxy) is 3. The van der Waals surface area contributed by atoms with Gasteiger partial charge in [0.2, 0.25) is 5.82 Å². The molecule has 8 nitrogen and oxygen atoms in total. The number of benzene rings is 2. The number of carbonyl (C=O) groups excluding carboxylic acids is 2. The molecule has 156 valence electrons. The Morgan fingerprint density at radius 2 is 1.63 bits per heavy atom. The zero-order valence-electron chi connectivity index (χ0n) is 16.8. The van der Waals surface area contributed by atoms with Gasteiger partial charge in [-0.3, -0.25) is 4.79 Å². The number of nitrogens with zero attached hydrogens (tertiary/aromatic N) is 1. The molecule has 0 amide bonds. The number of rotatable bonds is 8. The van der Waals surface area contributed by atoms with Crippen molar-refractivity contribution in [2.75, 3.05) is 13.2 Å². The molecule has 0 bridgehead atoms. The molecule has 0 aliphatic rings. The molecule has 1 aromatic heterocycles. The Kier molecular flexibility index (Phi) is 6.92. The van der Waals surface area contributed by atoms with Gasteiger partial charge in [0.15, 0.2) is 0 Å². The number of nitrogens with one attached hydrogen (secondary N) is 1. The van der Waals surface area contributed by atoms with Crippen molar-refractivity contribution in [1.29, 1.82) is 0 Å². The molecule has 1 heterocycles. The van der Waals surface area contributed by atoms with Gasteiger partial charge in [-0.05, 0) is 43.2 Å². The quantitative estimate of drug-likeness (QED) is 0.569. The topological polar surface area (TPSA) is 108 Å². The predicted molar refractivity (Wildman–Crippen MR) is 109 cm³/mol. The SMILES string of the molecule is CCOC(=O)c1ccc(COCc2cccc3nc(C(=O)OCC)[nH]c(=O)c23)cc1. The van der Waals surface area contributed by atoms with Crippen LogP contribution in [0.15, 0.2) is 47.3 Å².